The molecule has 25 heavy (non-hydrogen) atoms. The number of carbonyl (C=O) groups excluding carboxylic acids is 1. The fourth-order valence-electron chi connectivity index (χ4n) is 3.09. The van der Waals surface area contributed by atoms with Crippen LogP contribution in [0.3, 0.4) is 0 Å². The van der Waals surface area contributed by atoms with Gasteiger partial charge in [0.2, 0.25) is 0 Å². The second-order valence-corrected chi connectivity index (χ2v) is 7.53. The van der Waals surface area contributed by atoms with Crippen molar-refractivity contribution < 1.29 is 14.3 Å². The van der Waals surface area contributed by atoms with Crippen molar-refractivity contribution in [1.82, 2.24) is 0 Å². The lowest BCUT2D eigenvalue weighted by molar-refractivity contribution is 0.111. The lowest BCUT2D eigenvalue weighted by Crippen LogP contribution is -2.17. The van der Waals surface area contributed by atoms with Crippen molar-refractivity contribution in [2.24, 2.45) is 0 Å². The lowest BCUT2D eigenvalue weighted by atomic mass is 9.81. The van der Waals surface area contributed by atoms with E-state index in [4.69, 9.17) is 9.47 Å². The molecule has 0 N–H and O–H groups in total. The Morgan fingerprint density at radius 3 is 2.20 bits per heavy atom. The SMILES string of the molecule is COCc1cc(COc2c(C)cccc2C)c(C=O)c(C(C)(C)C)c1. The quantitative estimate of drug-likeness (QED) is 0.683. The summed E-state index contributed by atoms with van der Waals surface area (Å²) >= 11 is 0. The number of benzene rings is 2. The minimum absolute atomic E-state index is 0.132. The van der Waals surface area contributed by atoms with Crippen molar-refractivity contribution in [3.8, 4) is 5.75 Å². The van der Waals surface area contributed by atoms with Gasteiger partial charge in [0.05, 0.1) is 6.61 Å². The van der Waals surface area contributed by atoms with E-state index in [0.29, 0.717) is 13.2 Å². The second kappa shape index (κ2) is 7.83. The Kier molecular flexibility index (Phi) is 6.02. The fourth-order valence-corrected chi connectivity index (χ4v) is 3.09. The molecule has 0 aromatic heterocycles. The zero-order chi connectivity index (χ0) is 18.6. The number of ether oxygens (including phenoxy) is 2. The van der Waals surface area contributed by atoms with Crippen molar-refractivity contribution in [2.75, 3.05) is 7.11 Å². The Bertz CT molecular complexity index is 734. The molecule has 0 aliphatic heterocycles. The Morgan fingerprint density at radius 1 is 1.04 bits per heavy atom. The molecule has 0 aliphatic rings. The highest BCUT2D eigenvalue weighted by Crippen LogP contribution is 2.30. The van der Waals surface area contributed by atoms with Crippen LogP contribution in [-0.4, -0.2) is 13.4 Å². The van der Waals surface area contributed by atoms with Crippen LogP contribution in [0.5, 0.6) is 5.75 Å². The number of para-hydroxylation sites is 1. The number of hydrogen-bond acceptors (Lipinski definition) is 3. The molecule has 0 radical (unpaired) electrons. The van der Waals surface area contributed by atoms with E-state index >= 15 is 0 Å². The van der Waals surface area contributed by atoms with Crippen molar-refractivity contribution in [2.45, 2.75) is 53.2 Å². The highest BCUT2D eigenvalue weighted by Gasteiger charge is 2.21. The normalized spacial score (nSPS) is 11.4. The number of rotatable bonds is 6. The molecule has 2 aromatic rings. The minimum atomic E-state index is -0.132. The Labute approximate surface area is 151 Å². The van der Waals surface area contributed by atoms with Crippen molar-refractivity contribution in [3.63, 3.8) is 0 Å². The summed E-state index contributed by atoms with van der Waals surface area (Å²) in [6.07, 6.45) is 0.945. The number of methoxy groups -OCH3 is 1. The number of aldehydes is 1. The molecule has 0 unspecified atom stereocenters. The highest BCUT2D eigenvalue weighted by molar-refractivity contribution is 5.80. The first kappa shape index (κ1) is 19.2. The van der Waals surface area contributed by atoms with Crippen LogP contribution in [0.25, 0.3) is 0 Å². The van der Waals surface area contributed by atoms with E-state index in [9.17, 15) is 4.79 Å². The van der Waals surface area contributed by atoms with Gasteiger partial charge in [-0.25, -0.2) is 0 Å². The van der Waals surface area contributed by atoms with Gasteiger partial charge in [-0.15, -0.1) is 0 Å². The summed E-state index contributed by atoms with van der Waals surface area (Å²) in [5, 5.41) is 0. The van der Waals surface area contributed by atoms with Gasteiger partial charge in [0, 0.05) is 18.2 Å². The molecule has 0 bridgehead atoms. The lowest BCUT2D eigenvalue weighted by Gasteiger charge is -2.24. The monoisotopic (exact) mass is 340 g/mol. The highest BCUT2D eigenvalue weighted by atomic mass is 16.5. The van der Waals surface area contributed by atoms with Gasteiger partial charge in [-0.1, -0.05) is 45.0 Å². The maximum Gasteiger partial charge on any atom is 0.150 e. The van der Waals surface area contributed by atoms with Crippen molar-refractivity contribution >= 4 is 6.29 Å². The van der Waals surface area contributed by atoms with Gasteiger partial charge >= 0.3 is 0 Å². The van der Waals surface area contributed by atoms with E-state index in [-0.39, 0.29) is 5.41 Å². The van der Waals surface area contributed by atoms with Crippen LogP contribution in [0.2, 0.25) is 0 Å². The molecule has 0 atom stereocenters. The predicted molar refractivity (Wildman–Crippen MR) is 101 cm³/mol. The van der Waals surface area contributed by atoms with Gasteiger partial charge in [-0.3, -0.25) is 4.79 Å². The average Bonchev–Trinajstić information content (AvgIpc) is 2.53. The largest absolute Gasteiger partial charge is 0.488 e. The molecular weight excluding hydrogens is 312 g/mol. The number of aryl methyl sites for hydroxylation is 2. The standard InChI is InChI=1S/C22H28O3/c1-15-8-7-9-16(2)21(15)25-14-18-10-17(13-24-6)11-20(19(18)12-23)22(3,4)5/h7-12H,13-14H2,1-6H3. The molecule has 0 saturated carbocycles. The third-order valence-corrected chi connectivity index (χ3v) is 4.34. The fraction of sp³-hybridized carbons (Fsp3) is 0.409. The molecule has 0 saturated heterocycles. The van der Waals surface area contributed by atoms with Gasteiger partial charge in [0.25, 0.3) is 0 Å². The molecule has 0 fully saturated rings. The zero-order valence-corrected chi connectivity index (χ0v) is 16.1. The maximum atomic E-state index is 11.8. The first-order chi connectivity index (χ1) is 11.8. The number of hydrogen-bond donors (Lipinski definition) is 0. The van der Waals surface area contributed by atoms with Crippen LogP contribution in [0.15, 0.2) is 30.3 Å². The van der Waals surface area contributed by atoms with Crippen LogP contribution in [-0.2, 0) is 23.4 Å². The molecule has 3 heteroatoms. The summed E-state index contributed by atoms with van der Waals surface area (Å²) in [5.41, 5.74) is 5.76. The first-order valence-electron chi connectivity index (χ1n) is 8.57. The van der Waals surface area contributed by atoms with Crippen LogP contribution in [0, 0.1) is 13.8 Å². The van der Waals surface area contributed by atoms with E-state index in [1.807, 2.05) is 38.1 Å². The van der Waals surface area contributed by atoms with E-state index < -0.39 is 0 Å². The van der Waals surface area contributed by atoms with Gasteiger partial charge < -0.3 is 9.47 Å². The molecular formula is C22H28O3. The first-order valence-corrected chi connectivity index (χ1v) is 8.57. The Balaban J connectivity index is 2.45. The summed E-state index contributed by atoms with van der Waals surface area (Å²) in [7, 11) is 1.68. The molecule has 3 nitrogen and oxygen atoms in total. The van der Waals surface area contributed by atoms with E-state index in [1.165, 1.54) is 0 Å². The smallest absolute Gasteiger partial charge is 0.150 e. The van der Waals surface area contributed by atoms with E-state index in [1.54, 1.807) is 7.11 Å². The van der Waals surface area contributed by atoms with Crippen molar-refractivity contribution in [3.05, 3.63) is 63.7 Å². The summed E-state index contributed by atoms with van der Waals surface area (Å²) in [6, 6.07) is 10.2. The molecule has 0 amide bonds. The number of carbonyl (C=O) groups is 1. The molecule has 0 spiro atoms. The Hall–Kier alpha value is -2.13. The van der Waals surface area contributed by atoms with Crippen LogP contribution in [0.4, 0.5) is 0 Å². The summed E-state index contributed by atoms with van der Waals surface area (Å²) in [6.45, 7) is 11.3. The zero-order valence-electron chi connectivity index (χ0n) is 16.1. The minimum Gasteiger partial charge on any atom is -0.488 e. The van der Waals surface area contributed by atoms with E-state index in [0.717, 1.165) is 45.4 Å². The topological polar surface area (TPSA) is 35.5 Å². The van der Waals surface area contributed by atoms with E-state index in [2.05, 4.69) is 26.8 Å². The summed E-state index contributed by atoms with van der Waals surface area (Å²) in [4.78, 5) is 11.8. The molecule has 0 heterocycles. The third kappa shape index (κ3) is 4.49. The van der Waals surface area contributed by atoms with Gasteiger partial charge in [0.15, 0.2) is 6.29 Å². The van der Waals surface area contributed by atoms with Crippen LogP contribution < -0.4 is 4.74 Å². The Morgan fingerprint density at radius 2 is 1.68 bits per heavy atom. The van der Waals surface area contributed by atoms with Crippen LogP contribution >= 0.6 is 0 Å². The maximum absolute atomic E-state index is 11.8. The average molecular weight is 340 g/mol. The van der Waals surface area contributed by atoms with Gasteiger partial charge in [0.1, 0.15) is 12.4 Å². The van der Waals surface area contributed by atoms with Crippen molar-refractivity contribution in [1.29, 1.82) is 0 Å². The second-order valence-electron chi connectivity index (χ2n) is 7.53. The predicted octanol–water partition coefficient (Wildman–Crippen LogP) is 5.14. The van der Waals surface area contributed by atoms with Gasteiger partial charge in [-0.05, 0) is 47.6 Å². The summed E-state index contributed by atoms with van der Waals surface area (Å²) in [5.74, 6) is 0.883. The third-order valence-electron chi connectivity index (χ3n) is 4.34. The van der Waals surface area contributed by atoms with Crippen LogP contribution in [0.1, 0.15) is 58.9 Å². The molecule has 2 rings (SSSR count). The molecule has 0 aliphatic carbocycles. The molecule has 134 valence electrons. The van der Waals surface area contributed by atoms with Gasteiger partial charge in [-0.2, -0.15) is 0 Å². The molecule has 2 aromatic carbocycles. The summed E-state index contributed by atoms with van der Waals surface area (Å²) < 4.78 is 11.4.